The summed E-state index contributed by atoms with van der Waals surface area (Å²) in [6, 6.07) is 25.3. The quantitative estimate of drug-likeness (QED) is 0.220. The molecule has 4 rings (SSSR count). The first kappa shape index (κ1) is 31.7. The molecule has 0 spiro atoms. The molecule has 0 atom stereocenters. The lowest BCUT2D eigenvalue weighted by Gasteiger charge is -2.38. The number of halogens is 6. The second-order valence-electron chi connectivity index (χ2n) is 9.72. The molecule has 0 fully saturated rings. The molecule has 0 unspecified atom stereocenters. The summed E-state index contributed by atoms with van der Waals surface area (Å²) in [5, 5.41) is 0. The van der Waals surface area contributed by atoms with E-state index in [0.29, 0.717) is 11.1 Å². The molecule has 208 valence electrons. The highest BCUT2D eigenvalue weighted by Crippen LogP contribution is 2.56. The van der Waals surface area contributed by atoms with E-state index in [9.17, 15) is 26.3 Å². The van der Waals surface area contributed by atoms with Gasteiger partial charge in [0.2, 0.25) is 5.41 Å². The van der Waals surface area contributed by atoms with Gasteiger partial charge in [-0.2, -0.15) is 26.3 Å². The van der Waals surface area contributed by atoms with Crippen LogP contribution < -0.4 is 0 Å². The molecule has 39 heavy (non-hydrogen) atoms. The van der Waals surface area contributed by atoms with Gasteiger partial charge in [0.1, 0.15) is 0 Å². The second-order valence-corrected chi connectivity index (χ2v) is 9.72. The molecule has 0 N–H and O–H groups in total. The van der Waals surface area contributed by atoms with Crippen molar-refractivity contribution in [2.45, 2.75) is 59.3 Å². The van der Waals surface area contributed by atoms with Crippen LogP contribution in [0.5, 0.6) is 0 Å². The molecule has 0 aromatic heterocycles. The zero-order chi connectivity index (χ0) is 29.4. The number of alkyl halides is 6. The summed E-state index contributed by atoms with van der Waals surface area (Å²) in [6.45, 7) is 11.6. The minimum absolute atomic E-state index is 0.580. The molecule has 0 saturated heterocycles. The van der Waals surface area contributed by atoms with Gasteiger partial charge < -0.3 is 0 Å². The highest BCUT2D eigenvalue weighted by molar-refractivity contribution is 5.45. The first-order chi connectivity index (χ1) is 18.1. The predicted octanol–water partition coefficient (Wildman–Crippen LogP) is 10.3. The average Bonchev–Trinajstić information content (AvgIpc) is 2.83. The first-order valence-corrected chi connectivity index (χ1v) is 12.4. The largest absolute Gasteiger partial charge is 0.411 e. The number of hydrogen-bond donors (Lipinski definition) is 0. The van der Waals surface area contributed by atoms with Crippen LogP contribution in [0.15, 0.2) is 97.1 Å². The standard InChI is InChI=1S/C17H14F6.2C8H10/c1-11-3-7-13(8-4-11)15(16(18,19)20,17(21,22)23)14-9-5-12(2)6-10-14;1-7-4-3-5-8(2)6-7;1-7-5-3-4-6-8(7)2/h3-10H,1-2H3;2*3-6H,1-2H3. The molecule has 0 radical (unpaired) electrons. The minimum Gasteiger partial charge on any atom is -0.169 e. The van der Waals surface area contributed by atoms with E-state index in [0.717, 1.165) is 24.3 Å². The Labute approximate surface area is 227 Å². The van der Waals surface area contributed by atoms with Crippen LogP contribution >= 0.6 is 0 Å². The lowest BCUT2D eigenvalue weighted by atomic mass is 9.72. The van der Waals surface area contributed by atoms with Gasteiger partial charge in [-0.1, -0.05) is 119 Å². The average molecular weight is 545 g/mol. The van der Waals surface area contributed by atoms with Crippen molar-refractivity contribution in [3.8, 4) is 0 Å². The zero-order valence-electron chi connectivity index (χ0n) is 23.0. The first-order valence-electron chi connectivity index (χ1n) is 12.4. The molecular weight excluding hydrogens is 510 g/mol. The topological polar surface area (TPSA) is 0 Å². The molecule has 4 aromatic rings. The Morgan fingerprint density at radius 2 is 0.718 bits per heavy atom. The van der Waals surface area contributed by atoms with Gasteiger partial charge in [0, 0.05) is 0 Å². The summed E-state index contributed by atoms with van der Waals surface area (Å²) in [7, 11) is 0. The number of hydrogen-bond acceptors (Lipinski definition) is 0. The Hall–Kier alpha value is -3.54. The highest BCUT2D eigenvalue weighted by Gasteiger charge is 2.72. The van der Waals surface area contributed by atoms with Crippen LogP contribution in [0.3, 0.4) is 0 Å². The fraction of sp³-hybridized carbons (Fsp3) is 0.273. The fourth-order valence-corrected chi connectivity index (χ4v) is 4.06. The van der Waals surface area contributed by atoms with Gasteiger partial charge in [-0.3, -0.25) is 0 Å². The maximum atomic E-state index is 13.7. The predicted molar refractivity (Wildman–Crippen MR) is 147 cm³/mol. The minimum atomic E-state index is -5.53. The van der Waals surface area contributed by atoms with Crippen LogP contribution in [-0.4, -0.2) is 12.4 Å². The second kappa shape index (κ2) is 13.0. The Kier molecular flexibility index (Phi) is 10.6. The van der Waals surface area contributed by atoms with Crippen LogP contribution in [-0.2, 0) is 5.41 Å². The SMILES string of the molecule is Cc1ccc(C(c2ccc(C)cc2)(C(F)(F)F)C(F)(F)F)cc1.Cc1cccc(C)c1.Cc1ccccc1C. The highest BCUT2D eigenvalue weighted by atomic mass is 19.4. The third kappa shape index (κ3) is 7.98. The van der Waals surface area contributed by atoms with Crippen molar-refractivity contribution < 1.29 is 26.3 Å². The maximum Gasteiger partial charge on any atom is 0.411 e. The van der Waals surface area contributed by atoms with E-state index in [4.69, 9.17) is 0 Å². The van der Waals surface area contributed by atoms with E-state index in [-0.39, 0.29) is 0 Å². The van der Waals surface area contributed by atoms with E-state index in [1.54, 1.807) is 13.8 Å². The molecule has 0 heterocycles. The smallest absolute Gasteiger partial charge is 0.169 e. The van der Waals surface area contributed by atoms with Crippen LogP contribution in [0.4, 0.5) is 26.3 Å². The van der Waals surface area contributed by atoms with Gasteiger partial charge in [0.25, 0.3) is 0 Å². The Balaban J connectivity index is 0.000000269. The lowest BCUT2D eigenvalue weighted by Crippen LogP contribution is -2.54. The summed E-state index contributed by atoms with van der Waals surface area (Å²) < 4.78 is 82.3. The van der Waals surface area contributed by atoms with Crippen LogP contribution in [0.2, 0.25) is 0 Å². The Morgan fingerprint density at radius 3 is 0.949 bits per heavy atom. The van der Waals surface area contributed by atoms with E-state index in [2.05, 4.69) is 76.2 Å². The molecule has 0 aliphatic carbocycles. The normalized spacial score (nSPS) is 11.6. The van der Waals surface area contributed by atoms with E-state index in [1.807, 2.05) is 0 Å². The van der Waals surface area contributed by atoms with Crippen molar-refractivity contribution in [2.75, 3.05) is 0 Å². The fourth-order valence-electron chi connectivity index (χ4n) is 4.06. The third-order valence-electron chi connectivity index (χ3n) is 6.42. The Morgan fingerprint density at radius 1 is 0.385 bits per heavy atom. The number of benzene rings is 4. The van der Waals surface area contributed by atoms with E-state index in [1.165, 1.54) is 46.5 Å². The van der Waals surface area contributed by atoms with Crippen molar-refractivity contribution in [1.29, 1.82) is 0 Å². The van der Waals surface area contributed by atoms with Gasteiger partial charge in [-0.05, 0) is 63.8 Å². The summed E-state index contributed by atoms with van der Waals surface area (Å²) in [5.41, 5.74) is 0.835. The summed E-state index contributed by atoms with van der Waals surface area (Å²) >= 11 is 0. The van der Waals surface area contributed by atoms with Gasteiger partial charge in [-0.25, -0.2) is 0 Å². The summed E-state index contributed by atoms with van der Waals surface area (Å²) in [6.07, 6.45) is -11.1. The third-order valence-corrected chi connectivity index (χ3v) is 6.42. The van der Waals surface area contributed by atoms with Gasteiger partial charge >= 0.3 is 12.4 Å². The number of aryl methyl sites for hydroxylation is 6. The molecule has 0 nitrogen and oxygen atoms in total. The van der Waals surface area contributed by atoms with Crippen molar-refractivity contribution in [2.24, 2.45) is 0 Å². The summed E-state index contributed by atoms with van der Waals surface area (Å²) in [4.78, 5) is 0. The van der Waals surface area contributed by atoms with Crippen molar-refractivity contribution >= 4 is 0 Å². The molecular formula is C33H34F6. The molecule has 0 aliphatic heterocycles. The summed E-state index contributed by atoms with van der Waals surface area (Å²) in [5.74, 6) is 0. The van der Waals surface area contributed by atoms with Crippen LogP contribution in [0.25, 0.3) is 0 Å². The van der Waals surface area contributed by atoms with Gasteiger partial charge in [-0.15, -0.1) is 0 Å². The molecule has 0 aliphatic rings. The molecule has 0 saturated carbocycles. The number of rotatable bonds is 2. The molecule has 6 heteroatoms. The monoisotopic (exact) mass is 544 g/mol. The van der Waals surface area contributed by atoms with Crippen molar-refractivity contribution in [3.05, 3.63) is 142 Å². The maximum absolute atomic E-state index is 13.7. The lowest BCUT2D eigenvalue weighted by molar-refractivity contribution is -0.288. The van der Waals surface area contributed by atoms with Crippen LogP contribution in [0.1, 0.15) is 44.5 Å². The van der Waals surface area contributed by atoms with Gasteiger partial charge in [0.05, 0.1) is 0 Å². The van der Waals surface area contributed by atoms with E-state index >= 15 is 0 Å². The van der Waals surface area contributed by atoms with Gasteiger partial charge in [0.15, 0.2) is 0 Å². The van der Waals surface area contributed by atoms with Crippen LogP contribution in [0, 0.1) is 41.5 Å². The molecule has 0 bridgehead atoms. The molecule has 0 amide bonds. The zero-order valence-corrected chi connectivity index (χ0v) is 23.0. The van der Waals surface area contributed by atoms with E-state index < -0.39 is 28.9 Å². The van der Waals surface area contributed by atoms with Crippen molar-refractivity contribution in [1.82, 2.24) is 0 Å². The Bertz CT molecular complexity index is 1210. The molecule has 4 aromatic carbocycles. The van der Waals surface area contributed by atoms with Crippen molar-refractivity contribution in [3.63, 3.8) is 0 Å².